The summed E-state index contributed by atoms with van der Waals surface area (Å²) in [5, 5.41) is 3.58. The van der Waals surface area contributed by atoms with E-state index in [0.717, 1.165) is 5.56 Å². The predicted molar refractivity (Wildman–Crippen MR) is 59.5 cm³/mol. The van der Waals surface area contributed by atoms with E-state index in [1.807, 2.05) is 18.5 Å². The Kier molecular flexibility index (Phi) is 2.92. The number of nitrogens with one attached hydrogen (secondary N) is 2. The van der Waals surface area contributed by atoms with Crippen molar-refractivity contribution in [2.45, 2.75) is 6.54 Å². The Morgan fingerprint density at radius 3 is 2.93 bits per heavy atom. The molecule has 15 heavy (non-hydrogen) atoms. The van der Waals surface area contributed by atoms with Crippen molar-refractivity contribution in [3.63, 3.8) is 0 Å². The van der Waals surface area contributed by atoms with E-state index in [1.54, 1.807) is 0 Å². The summed E-state index contributed by atoms with van der Waals surface area (Å²) >= 11 is 5.90. The second-order valence-electron chi connectivity index (χ2n) is 3.20. The molecular formula is C11H10ClFN2. The maximum atomic E-state index is 12.9. The predicted octanol–water partition coefficient (Wildman–Crippen LogP) is 3.42. The number of hydrogen-bond donors (Lipinski definition) is 2. The quantitative estimate of drug-likeness (QED) is 0.822. The van der Waals surface area contributed by atoms with Gasteiger partial charge in [0.05, 0.1) is 10.7 Å². The van der Waals surface area contributed by atoms with Crippen molar-refractivity contribution in [3.8, 4) is 0 Å². The molecule has 0 saturated heterocycles. The molecule has 0 saturated carbocycles. The zero-order chi connectivity index (χ0) is 10.7. The summed E-state index contributed by atoms with van der Waals surface area (Å²) < 4.78 is 12.9. The van der Waals surface area contributed by atoms with E-state index >= 15 is 0 Å². The average molecular weight is 225 g/mol. The van der Waals surface area contributed by atoms with Crippen LogP contribution in [0.1, 0.15) is 5.56 Å². The Hall–Kier alpha value is -1.48. The topological polar surface area (TPSA) is 27.8 Å². The van der Waals surface area contributed by atoms with Crippen molar-refractivity contribution >= 4 is 17.3 Å². The molecule has 0 aliphatic heterocycles. The fourth-order valence-electron chi connectivity index (χ4n) is 1.30. The highest BCUT2D eigenvalue weighted by Gasteiger charge is 2.01. The fraction of sp³-hybridized carbons (Fsp3) is 0.0909. The molecule has 1 aromatic heterocycles. The monoisotopic (exact) mass is 224 g/mol. The SMILES string of the molecule is Fc1ccc(Cl)c(NCc2cc[nH]c2)c1. The van der Waals surface area contributed by atoms with Crippen molar-refractivity contribution < 1.29 is 4.39 Å². The molecule has 4 heteroatoms. The first-order valence-corrected chi connectivity index (χ1v) is 4.94. The van der Waals surface area contributed by atoms with Crippen LogP contribution in [0.25, 0.3) is 0 Å². The van der Waals surface area contributed by atoms with Crippen LogP contribution < -0.4 is 5.32 Å². The van der Waals surface area contributed by atoms with E-state index < -0.39 is 0 Å². The first kappa shape index (κ1) is 10.1. The van der Waals surface area contributed by atoms with Gasteiger partial charge in [-0.1, -0.05) is 11.6 Å². The summed E-state index contributed by atoms with van der Waals surface area (Å²) in [7, 11) is 0. The molecule has 2 nitrogen and oxygen atoms in total. The highest BCUT2D eigenvalue weighted by Crippen LogP contribution is 2.22. The van der Waals surface area contributed by atoms with Crippen LogP contribution in [0.15, 0.2) is 36.7 Å². The Morgan fingerprint density at radius 2 is 2.20 bits per heavy atom. The van der Waals surface area contributed by atoms with Gasteiger partial charge in [0.2, 0.25) is 0 Å². The van der Waals surface area contributed by atoms with Gasteiger partial charge in [0, 0.05) is 18.9 Å². The van der Waals surface area contributed by atoms with Gasteiger partial charge in [-0.3, -0.25) is 0 Å². The molecule has 2 N–H and O–H groups in total. The smallest absolute Gasteiger partial charge is 0.125 e. The summed E-state index contributed by atoms with van der Waals surface area (Å²) in [5.74, 6) is -0.295. The second kappa shape index (κ2) is 4.36. The molecule has 0 radical (unpaired) electrons. The van der Waals surface area contributed by atoms with Crippen LogP contribution in [0, 0.1) is 5.82 Å². The summed E-state index contributed by atoms with van der Waals surface area (Å²) in [6.07, 6.45) is 3.71. The number of hydrogen-bond acceptors (Lipinski definition) is 1. The van der Waals surface area contributed by atoms with Crippen LogP contribution in [0.5, 0.6) is 0 Å². The molecule has 0 fully saturated rings. The summed E-state index contributed by atoms with van der Waals surface area (Å²) in [4.78, 5) is 2.94. The Bertz CT molecular complexity index is 440. The molecule has 0 aliphatic carbocycles. The Labute approximate surface area is 92.1 Å². The van der Waals surface area contributed by atoms with Gasteiger partial charge in [-0.25, -0.2) is 4.39 Å². The molecule has 0 atom stereocenters. The second-order valence-corrected chi connectivity index (χ2v) is 3.60. The van der Waals surface area contributed by atoms with Crippen LogP contribution in [0.2, 0.25) is 5.02 Å². The van der Waals surface area contributed by atoms with Gasteiger partial charge in [-0.05, 0) is 29.8 Å². The lowest BCUT2D eigenvalue weighted by Gasteiger charge is -2.06. The summed E-state index contributed by atoms with van der Waals surface area (Å²) in [6.45, 7) is 0.618. The van der Waals surface area contributed by atoms with Gasteiger partial charge in [-0.2, -0.15) is 0 Å². The molecule has 2 rings (SSSR count). The lowest BCUT2D eigenvalue weighted by molar-refractivity contribution is 0.628. The van der Waals surface area contributed by atoms with E-state index in [4.69, 9.17) is 11.6 Å². The van der Waals surface area contributed by atoms with E-state index in [-0.39, 0.29) is 5.82 Å². The average Bonchev–Trinajstić information content (AvgIpc) is 2.72. The lowest BCUT2D eigenvalue weighted by atomic mass is 10.3. The number of aromatic amines is 1. The minimum absolute atomic E-state index is 0.295. The van der Waals surface area contributed by atoms with Gasteiger partial charge in [0.25, 0.3) is 0 Å². The maximum absolute atomic E-state index is 12.9. The molecule has 0 aliphatic rings. The minimum Gasteiger partial charge on any atom is -0.380 e. The van der Waals surface area contributed by atoms with Crippen molar-refractivity contribution in [1.82, 2.24) is 4.98 Å². The molecule has 0 unspecified atom stereocenters. The van der Waals surface area contributed by atoms with Crippen molar-refractivity contribution in [2.24, 2.45) is 0 Å². The number of H-pyrrole nitrogens is 1. The zero-order valence-electron chi connectivity index (χ0n) is 7.93. The van der Waals surface area contributed by atoms with Crippen molar-refractivity contribution in [1.29, 1.82) is 0 Å². The van der Waals surface area contributed by atoms with E-state index in [9.17, 15) is 4.39 Å². The first-order chi connectivity index (χ1) is 7.25. The number of benzene rings is 1. The Morgan fingerprint density at radius 1 is 1.33 bits per heavy atom. The Balaban J connectivity index is 2.07. The maximum Gasteiger partial charge on any atom is 0.125 e. The highest BCUT2D eigenvalue weighted by atomic mass is 35.5. The third kappa shape index (κ3) is 2.50. The van der Waals surface area contributed by atoms with Crippen LogP contribution in [0.3, 0.4) is 0 Å². The fourth-order valence-corrected chi connectivity index (χ4v) is 1.48. The third-order valence-corrected chi connectivity index (χ3v) is 2.40. The largest absolute Gasteiger partial charge is 0.380 e. The lowest BCUT2D eigenvalue weighted by Crippen LogP contribution is -1.99. The summed E-state index contributed by atoms with van der Waals surface area (Å²) in [5.41, 5.74) is 1.70. The standard InChI is InChI=1S/C11H10ClFN2/c12-10-2-1-9(13)5-11(10)15-7-8-3-4-14-6-8/h1-6,14-15H,7H2. The molecule has 2 aromatic rings. The van der Waals surface area contributed by atoms with Crippen molar-refractivity contribution in [2.75, 3.05) is 5.32 Å². The van der Waals surface area contributed by atoms with E-state index in [1.165, 1.54) is 18.2 Å². The third-order valence-electron chi connectivity index (χ3n) is 2.07. The normalized spacial score (nSPS) is 10.3. The van der Waals surface area contributed by atoms with Gasteiger partial charge in [0.1, 0.15) is 5.82 Å². The van der Waals surface area contributed by atoms with Crippen LogP contribution in [0.4, 0.5) is 10.1 Å². The van der Waals surface area contributed by atoms with E-state index in [0.29, 0.717) is 17.3 Å². The minimum atomic E-state index is -0.295. The van der Waals surface area contributed by atoms with Crippen LogP contribution >= 0.6 is 11.6 Å². The first-order valence-electron chi connectivity index (χ1n) is 4.56. The molecule has 0 amide bonds. The van der Waals surface area contributed by atoms with Gasteiger partial charge in [-0.15, -0.1) is 0 Å². The molecule has 0 bridgehead atoms. The van der Waals surface area contributed by atoms with Gasteiger partial charge < -0.3 is 10.3 Å². The zero-order valence-corrected chi connectivity index (χ0v) is 8.68. The van der Waals surface area contributed by atoms with Gasteiger partial charge >= 0.3 is 0 Å². The van der Waals surface area contributed by atoms with Crippen molar-refractivity contribution in [3.05, 3.63) is 53.1 Å². The molecule has 78 valence electrons. The van der Waals surface area contributed by atoms with E-state index in [2.05, 4.69) is 10.3 Å². The molecule has 0 spiro atoms. The number of rotatable bonds is 3. The molecular weight excluding hydrogens is 215 g/mol. The summed E-state index contributed by atoms with van der Waals surface area (Å²) in [6, 6.07) is 6.20. The van der Waals surface area contributed by atoms with Gasteiger partial charge in [0.15, 0.2) is 0 Å². The highest BCUT2D eigenvalue weighted by molar-refractivity contribution is 6.33. The van der Waals surface area contributed by atoms with Crippen LogP contribution in [-0.4, -0.2) is 4.98 Å². The number of halogens is 2. The number of aromatic nitrogens is 1. The van der Waals surface area contributed by atoms with Crippen LogP contribution in [-0.2, 0) is 6.54 Å². The molecule has 1 aromatic carbocycles. The number of anilines is 1. The molecule has 1 heterocycles.